The van der Waals surface area contributed by atoms with Gasteiger partial charge in [0.25, 0.3) is 0 Å². The summed E-state index contributed by atoms with van der Waals surface area (Å²) in [6.07, 6.45) is 0.524. The van der Waals surface area contributed by atoms with Crippen molar-refractivity contribution in [3.05, 3.63) is 29.6 Å². The highest BCUT2D eigenvalue weighted by atomic mass is 16.4. The van der Waals surface area contributed by atoms with Gasteiger partial charge in [0.2, 0.25) is 0 Å². The highest BCUT2D eigenvalue weighted by molar-refractivity contribution is 5.76. The number of aliphatic carboxylic acids is 1. The van der Waals surface area contributed by atoms with Crippen LogP contribution in [0.3, 0.4) is 0 Å². The summed E-state index contributed by atoms with van der Waals surface area (Å²) < 4.78 is 1.70. The molecule has 2 N–H and O–H groups in total. The van der Waals surface area contributed by atoms with Gasteiger partial charge < -0.3 is 10.4 Å². The van der Waals surface area contributed by atoms with Crippen LogP contribution in [0, 0.1) is 19.8 Å². The number of carbonyl (C=O) groups is 1. The Morgan fingerprint density at radius 1 is 1.32 bits per heavy atom. The van der Waals surface area contributed by atoms with E-state index in [4.69, 9.17) is 0 Å². The average molecular weight is 303 g/mol. The predicted octanol–water partition coefficient (Wildman–Crippen LogP) is 2.19. The van der Waals surface area contributed by atoms with Gasteiger partial charge in [-0.25, -0.2) is 9.48 Å². The summed E-state index contributed by atoms with van der Waals surface area (Å²) in [5.74, 6) is 0.430. The fraction of sp³-hybridized carbons (Fsp3) is 0.467. The summed E-state index contributed by atoms with van der Waals surface area (Å²) in [4.78, 5) is 11.3. The third-order valence-electron chi connectivity index (χ3n) is 3.20. The van der Waals surface area contributed by atoms with E-state index in [0.717, 1.165) is 11.4 Å². The third kappa shape index (κ3) is 3.81. The molecule has 2 rings (SSSR count). The zero-order chi connectivity index (χ0) is 16.3. The number of nitrogens with one attached hydrogen (secondary N) is 1. The van der Waals surface area contributed by atoms with E-state index in [1.165, 1.54) is 0 Å². The van der Waals surface area contributed by atoms with E-state index in [1.54, 1.807) is 16.8 Å². The Kier molecular flexibility index (Phi) is 4.75. The van der Waals surface area contributed by atoms with Gasteiger partial charge in [-0.3, -0.25) is 0 Å². The van der Waals surface area contributed by atoms with Crippen molar-refractivity contribution in [2.45, 2.75) is 40.2 Å². The summed E-state index contributed by atoms with van der Waals surface area (Å²) in [7, 11) is 0. The molecule has 7 heteroatoms. The molecular formula is C15H21N5O2. The van der Waals surface area contributed by atoms with Crippen molar-refractivity contribution in [2.75, 3.05) is 5.32 Å². The molecule has 22 heavy (non-hydrogen) atoms. The van der Waals surface area contributed by atoms with Crippen LogP contribution >= 0.6 is 0 Å². The molecule has 0 aromatic carbocycles. The van der Waals surface area contributed by atoms with Gasteiger partial charge in [0.15, 0.2) is 5.82 Å². The van der Waals surface area contributed by atoms with Crippen LogP contribution in [0.5, 0.6) is 0 Å². The van der Waals surface area contributed by atoms with Crippen molar-refractivity contribution in [1.82, 2.24) is 20.0 Å². The Morgan fingerprint density at radius 3 is 2.50 bits per heavy atom. The first-order chi connectivity index (χ1) is 10.4. The number of hydrogen-bond donors (Lipinski definition) is 2. The van der Waals surface area contributed by atoms with Crippen molar-refractivity contribution in [3.63, 3.8) is 0 Å². The molecule has 2 heterocycles. The van der Waals surface area contributed by atoms with E-state index in [1.807, 2.05) is 33.8 Å². The zero-order valence-corrected chi connectivity index (χ0v) is 13.2. The maximum Gasteiger partial charge on any atom is 0.326 e. The Balaban J connectivity index is 2.14. The van der Waals surface area contributed by atoms with E-state index < -0.39 is 12.0 Å². The molecule has 0 radical (unpaired) electrons. The molecule has 0 aliphatic carbocycles. The minimum atomic E-state index is -0.891. The second kappa shape index (κ2) is 6.55. The number of aryl methyl sites for hydroxylation is 2. The second-order valence-corrected chi connectivity index (χ2v) is 5.78. The standard InChI is InChI=1S/C15H21N5O2/c1-9(2)7-12(15(21)22)16-13-5-6-14(18-17-13)20-11(4)8-10(3)19-20/h5-6,8-9,12H,7H2,1-4H3,(H,16,17)(H,21,22)/t12-/m1/s1. The lowest BCUT2D eigenvalue weighted by atomic mass is 10.0. The van der Waals surface area contributed by atoms with Crippen LogP contribution < -0.4 is 5.32 Å². The molecular weight excluding hydrogens is 282 g/mol. The minimum absolute atomic E-state index is 0.274. The SMILES string of the molecule is Cc1cc(C)n(-c2ccc(N[C@H](CC(C)C)C(=O)O)nn2)n1. The third-order valence-corrected chi connectivity index (χ3v) is 3.20. The van der Waals surface area contributed by atoms with Crippen LogP contribution in [-0.4, -0.2) is 37.1 Å². The first-order valence-corrected chi connectivity index (χ1v) is 7.23. The Bertz CT molecular complexity index is 648. The van der Waals surface area contributed by atoms with Crippen LogP contribution in [0.2, 0.25) is 0 Å². The van der Waals surface area contributed by atoms with Crippen LogP contribution in [-0.2, 0) is 4.79 Å². The van der Waals surface area contributed by atoms with Gasteiger partial charge >= 0.3 is 5.97 Å². The fourth-order valence-electron chi connectivity index (χ4n) is 2.25. The van der Waals surface area contributed by atoms with Gasteiger partial charge in [0, 0.05) is 5.69 Å². The fourth-order valence-corrected chi connectivity index (χ4v) is 2.25. The number of anilines is 1. The lowest BCUT2D eigenvalue weighted by Gasteiger charge is -2.16. The van der Waals surface area contributed by atoms with E-state index in [0.29, 0.717) is 18.1 Å². The van der Waals surface area contributed by atoms with E-state index in [-0.39, 0.29) is 5.92 Å². The molecule has 0 aliphatic heterocycles. The van der Waals surface area contributed by atoms with Crippen LogP contribution in [0.25, 0.3) is 5.82 Å². The number of aromatic nitrogens is 4. The monoisotopic (exact) mass is 303 g/mol. The summed E-state index contributed by atoms with van der Waals surface area (Å²) in [6, 6.07) is 4.77. The molecule has 0 bridgehead atoms. The van der Waals surface area contributed by atoms with Crippen molar-refractivity contribution in [1.29, 1.82) is 0 Å². The summed E-state index contributed by atoms with van der Waals surface area (Å²) >= 11 is 0. The van der Waals surface area contributed by atoms with Gasteiger partial charge in [-0.1, -0.05) is 13.8 Å². The van der Waals surface area contributed by atoms with E-state index in [2.05, 4.69) is 20.6 Å². The first kappa shape index (κ1) is 15.9. The first-order valence-electron chi connectivity index (χ1n) is 7.23. The lowest BCUT2D eigenvalue weighted by Crippen LogP contribution is -2.31. The highest BCUT2D eigenvalue weighted by Crippen LogP contribution is 2.13. The molecule has 0 unspecified atom stereocenters. The number of nitrogens with zero attached hydrogens (tertiary/aromatic N) is 4. The van der Waals surface area contributed by atoms with Gasteiger partial charge in [0.1, 0.15) is 11.9 Å². The Hall–Kier alpha value is -2.44. The molecule has 1 atom stereocenters. The van der Waals surface area contributed by atoms with Crippen molar-refractivity contribution < 1.29 is 9.90 Å². The number of carboxylic acid groups (broad SMARTS) is 1. The number of rotatable bonds is 6. The highest BCUT2D eigenvalue weighted by Gasteiger charge is 2.19. The molecule has 7 nitrogen and oxygen atoms in total. The quantitative estimate of drug-likeness (QED) is 0.849. The Labute approximate surface area is 129 Å². The predicted molar refractivity (Wildman–Crippen MR) is 83.1 cm³/mol. The number of hydrogen-bond acceptors (Lipinski definition) is 5. The molecule has 2 aromatic heterocycles. The second-order valence-electron chi connectivity index (χ2n) is 5.78. The van der Waals surface area contributed by atoms with E-state index >= 15 is 0 Å². The summed E-state index contributed by atoms with van der Waals surface area (Å²) in [5.41, 5.74) is 1.88. The molecule has 0 saturated carbocycles. The smallest absolute Gasteiger partial charge is 0.326 e. The average Bonchev–Trinajstić information content (AvgIpc) is 2.77. The van der Waals surface area contributed by atoms with Gasteiger partial charge in [-0.15, -0.1) is 10.2 Å². The Morgan fingerprint density at radius 2 is 2.05 bits per heavy atom. The minimum Gasteiger partial charge on any atom is -0.480 e. The van der Waals surface area contributed by atoms with Gasteiger partial charge in [-0.2, -0.15) is 5.10 Å². The topological polar surface area (TPSA) is 92.9 Å². The molecule has 0 amide bonds. The summed E-state index contributed by atoms with van der Waals surface area (Å²) in [6.45, 7) is 7.82. The zero-order valence-electron chi connectivity index (χ0n) is 13.2. The normalized spacial score (nSPS) is 12.4. The largest absolute Gasteiger partial charge is 0.480 e. The molecule has 0 spiro atoms. The molecule has 0 fully saturated rings. The number of carboxylic acids is 1. The molecule has 118 valence electrons. The van der Waals surface area contributed by atoms with Crippen LogP contribution in [0.1, 0.15) is 31.7 Å². The molecule has 0 saturated heterocycles. The lowest BCUT2D eigenvalue weighted by molar-refractivity contribution is -0.138. The van der Waals surface area contributed by atoms with Crippen LogP contribution in [0.4, 0.5) is 5.82 Å². The van der Waals surface area contributed by atoms with Crippen LogP contribution in [0.15, 0.2) is 18.2 Å². The van der Waals surface area contributed by atoms with E-state index in [9.17, 15) is 9.90 Å². The summed E-state index contributed by atoms with van der Waals surface area (Å²) in [5, 5.41) is 24.6. The maximum absolute atomic E-state index is 11.3. The molecule has 0 aliphatic rings. The molecule has 2 aromatic rings. The van der Waals surface area contributed by atoms with Crippen molar-refractivity contribution in [3.8, 4) is 5.82 Å². The van der Waals surface area contributed by atoms with Crippen molar-refractivity contribution in [2.24, 2.45) is 5.92 Å². The van der Waals surface area contributed by atoms with Crippen molar-refractivity contribution >= 4 is 11.8 Å². The van der Waals surface area contributed by atoms with Gasteiger partial charge in [-0.05, 0) is 44.4 Å². The maximum atomic E-state index is 11.3. The van der Waals surface area contributed by atoms with Gasteiger partial charge in [0.05, 0.1) is 5.69 Å².